The Morgan fingerprint density at radius 3 is 2.44 bits per heavy atom. The molecule has 0 spiro atoms. The number of aromatic nitrogens is 1. The lowest BCUT2D eigenvalue weighted by Crippen LogP contribution is -2.19. The summed E-state index contributed by atoms with van der Waals surface area (Å²) in [5.74, 6) is -0.538. The van der Waals surface area contributed by atoms with Crippen LogP contribution < -0.4 is 5.56 Å². The number of para-hydroxylation sites is 1. The first-order chi connectivity index (χ1) is 13.1. The van der Waals surface area contributed by atoms with Crippen molar-refractivity contribution < 1.29 is 14.6 Å². The fraction of sp³-hybridized carbons (Fsp3) is 0.0909. The van der Waals surface area contributed by atoms with E-state index in [2.05, 4.69) is 0 Å². The zero-order valence-electron chi connectivity index (χ0n) is 14.7. The average Bonchev–Trinajstić information content (AvgIpc) is 2.68. The lowest BCUT2D eigenvalue weighted by atomic mass is 9.98. The zero-order valence-corrected chi connectivity index (χ0v) is 14.7. The van der Waals surface area contributed by atoms with Crippen LogP contribution in [0, 0.1) is 0 Å². The highest BCUT2D eigenvalue weighted by Crippen LogP contribution is 2.32. The van der Waals surface area contributed by atoms with Gasteiger partial charge in [-0.05, 0) is 24.6 Å². The first-order valence-corrected chi connectivity index (χ1v) is 8.65. The van der Waals surface area contributed by atoms with E-state index >= 15 is 0 Å². The predicted octanol–water partition coefficient (Wildman–Crippen LogP) is 4.00. The van der Waals surface area contributed by atoms with Crippen LogP contribution in [0.2, 0.25) is 0 Å². The Labute approximate surface area is 155 Å². The Kier molecular flexibility index (Phi) is 4.12. The molecule has 0 amide bonds. The highest BCUT2D eigenvalue weighted by atomic mass is 16.5. The smallest absolute Gasteiger partial charge is 0.340 e. The molecule has 0 bridgehead atoms. The molecule has 2 aromatic carbocycles. The largest absolute Gasteiger partial charge is 0.507 e. The van der Waals surface area contributed by atoms with Gasteiger partial charge in [-0.15, -0.1) is 0 Å². The van der Waals surface area contributed by atoms with Crippen molar-refractivity contribution in [2.75, 3.05) is 6.61 Å². The molecule has 0 aliphatic carbocycles. The van der Waals surface area contributed by atoms with E-state index in [1.165, 1.54) is 16.5 Å². The van der Waals surface area contributed by atoms with Gasteiger partial charge >= 0.3 is 5.97 Å². The number of carbonyl (C=O) groups is 1. The molecule has 0 saturated carbocycles. The monoisotopic (exact) mass is 359 g/mol. The van der Waals surface area contributed by atoms with Crippen LogP contribution >= 0.6 is 0 Å². The molecule has 4 rings (SSSR count). The molecule has 0 fully saturated rings. The Morgan fingerprint density at radius 2 is 1.70 bits per heavy atom. The minimum Gasteiger partial charge on any atom is -0.507 e. The number of esters is 1. The zero-order chi connectivity index (χ0) is 19.0. The summed E-state index contributed by atoms with van der Waals surface area (Å²) in [5.41, 5.74) is 2.03. The third-order valence-corrected chi connectivity index (χ3v) is 4.51. The maximum absolute atomic E-state index is 13.0. The molecule has 0 radical (unpaired) electrons. The molecule has 27 heavy (non-hydrogen) atoms. The number of ether oxygens (including phenoxy) is 1. The van der Waals surface area contributed by atoms with Gasteiger partial charge in [-0.1, -0.05) is 42.5 Å². The van der Waals surface area contributed by atoms with Gasteiger partial charge in [0.1, 0.15) is 5.75 Å². The molecule has 1 N–H and O–H groups in total. The predicted molar refractivity (Wildman–Crippen MR) is 104 cm³/mol. The number of fused-ring (bicyclic) bond motifs is 3. The summed E-state index contributed by atoms with van der Waals surface area (Å²) in [7, 11) is 0. The van der Waals surface area contributed by atoms with Crippen LogP contribution in [0.5, 0.6) is 5.75 Å². The first-order valence-electron chi connectivity index (χ1n) is 8.65. The minimum atomic E-state index is -0.538. The van der Waals surface area contributed by atoms with Crippen molar-refractivity contribution in [2.24, 2.45) is 0 Å². The summed E-state index contributed by atoms with van der Waals surface area (Å²) in [5, 5.41) is 11.0. The van der Waals surface area contributed by atoms with Gasteiger partial charge in [0.25, 0.3) is 5.56 Å². The Balaban J connectivity index is 2.20. The van der Waals surface area contributed by atoms with E-state index in [0.717, 1.165) is 5.56 Å². The van der Waals surface area contributed by atoms with E-state index in [0.29, 0.717) is 22.0 Å². The molecule has 4 aromatic rings. The lowest BCUT2D eigenvalue weighted by Gasteiger charge is -2.15. The van der Waals surface area contributed by atoms with Gasteiger partial charge in [0.2, 0.25) is 0 Å². The van der Waals surface area contributed by atoms with Gasteiger partial charge in [-0.25, -0.2) is 4.79 Å². The van der Waals surface area contributed by atoms with E-state index in [1.807, 2.05) is 30.3 Å². The summed E-state index contributed by atoms with van der Waals surface area (Å²) in [4.78, 5) is 25.8. The molecular formula is C22H17NO4. The molecule has 5 heteroatoms. The van der Waals surface area contributed by atoms with Crippen molar-refractivity contribution in [1.82, 2.24) is 4.40 Å². The van der Waals surface area contributed by atoms with Gasteiger partial charge in [-0.2, -0.15) is 0 Å². The third kappa shape index (κ3) is 2.73. The van der Waals surface area contributed by atoms with Crippen molar-refractivity contribution in [2.45, 2.75) is 6.92 Å². The summed E-state index contributed by atoms with van der Waals surface area (Å²) < 4.78 is 6.69. The minimum absolute atomic E-state index is 0.000704. The second-order valence-electron chi connectivity index (χ2n) is 6.13. The standard InChI is InChI=1S/C22H17NO4/c1-2-27-22(26)21-16(14-8-4-3-5-9-14)12-20(25)23-17-11-7-6-10-15(17)19(24)13-18(21)23/h3-13,24H,2H2,1H3. The molecule has 0 unspecified atom stereocenters. The fourth-order valence-electron chi connectivity index (χ4n) is 3.37. The number of nitrogens with zero attached hydrogens (tertiary/aromatic N) is 1. The summed E-state index contributed by atoms with van der Waals surface area (Å²) in [6.45, 7) is 1.93. The number of carbonyl (C=O) groups excluding carboxylic acids is 1. The first kappa shape index (κ1) is 16.8. The van der Waals surface area contributed by atoms with E-state index < -0.39 is 5.97 Å². The average molecular weight is 359 g/mol. The second kappa shape index (κ2) is 6.61. The van der Waals surface area contributed by atoms with Crippen molar-refractivity contribution in [3.63, 3.8) is 0 Å². The quantitative estimate of drug-likeness (QED) is 0.443. The molecule has 2 heterocycles. The van der Waals surface area contributed by atoms with Crippen LogP contribution in [0.15, 0.2) is 71.5 Å². The fourth-order valence-corrected chi connectivity index (χ4v) is 3.37. The number of rotatable bonds is 3. The number of hydrogen-bond acceptors (Lipinski definition) is 4. The van der Waals surface area contributed by atoms with Gasteiger partial charge < -0.3 is 9.84 Å². The summed E-state index contributed by atoms with van der Waals surface area (Å²) in [6.07, 6.45) is 0. The highest BCUT2D eigenvalue weighted by Gasteiger charge is 2.21. The third-order valence-electron chi connectivity index (χ3n) is 4.51. The van der Waals surface area contributed by atoms with Crippen LogP contribution in [0.1, 0.15) is 17.3 Å². The van der Waals surface area contributed by atoms with Crippen molar-refractivity contribution in [1.29, 1.82) is 0 Å². The van der Waals surface area contributed by atoms with Crippen LogP contribution in [0.3, 0.4) is 0 Å². The lowest BCUT2D eigenvalue weighted by molar-refractivity contribution is 0.0529. The SMILES string of the molecule is CCOC(=O)c1c(-c2ccccc2)cc(=O)n2c1cc(O)c1ccccc12. The molecule has 0 saturated heterocycles. The number of benzene rings is 2. The molecule has 134 valence electrons. The van der Waals surface area contributed by atoms with E-state index in [4.69, 9.17) is 4.74 Å². The van der Waals surface area contributed by atoms with Gasteiger partial charge in [-0.3, -0.25) is 9.20 Å². The van der Waals surface area contributed by atoms with Gasteiger partial charge in [0.15, 0.2) is 0 Å². The van der Waals surface area contributed by atoms with E-state index in [1.54, 1.807) is 31.2 Å². The maximum Gasteiger partial charge on any atom is 0.340 e. The van der Waals surface area contributed by atoms with Crippen LogP contribution in [-0.2, 0) is 4.74 Å². The number of hydrogen-bond donors (Lipinski definition) is 1. The Bertz CT molecular complexity index is 1230. The molecule has 0 atom stereocenters. The van der Waals surface area contributed by atoms with Crippen LogP contribution in [0.4, 0.5) is 0 Å². The molecular weight excluding hydrogens is 342 g/mol. The van der Waals surface area contributed by atoms with E-state index in [-0.39, 0.29) is 23.5 Å². The second-order valence-corrected chi connectivity index (χ2v) is 6.13. The van der Waals surface area contributed by atoms with Crippen LogP contribution in [0.25, 0.3) is 27.5 Å². The van der Waals surface area contributed by atoms with Gasteiger partial charge in [0, 0.05) is 23.1 Å². The maximum atomic E-state index is 13.0. The van der Waals surface area contributed by atoms with Gasteiger partial charge in [0.05, 0.1) is 23.2 Å². The van der Waals surface area contributed by atoms with Crippen molar-refractivity contribution in [3.05, 3.63) is 82.6 Å². The summed E-state index contributed by atoms with van der Waals surface area (Å²) >= 11 is 0. The number of aromatic hydroxyl groups is 1. The molecule has 0 aliphatic rings. The Hall–Kier alpha value is -3.60. The van der Waals surface area contributed by atoms with Crippen molar-refractivity contribution >= 4 is 22.4 Å². The molecule has 0 aliphatic heterocycles. The van der Waals surface area contributed by atoms with E-state index in [9.17, 15) is 14.7 Å². The topological polar surface area (TPSA) is 68.0 Å². The van der Waals surface area contributed by atoms with Crippen molar-refractivity contribution in [3.8, 4) is 16.9 Å². The molecule has 5 nitrogen and oxygen atoms in total. The number of pyridine rings is 2. The van der Waals surface area contributed by atoms with Crippen LogP contribution in [-0.4, -0.2) is 22.1 Å². The molecule has 2 aromatic heterocycles. The normalized spacial score (nSPS) is 11.0. The highest BCUT2D eigenvalue weighted by molar-refractivity contribution is 6.06. The summed E-state index contributed by atoms with van der Waals surface area (Å²) in [6, 6.07) is 19.1. The Morgan fingerprint density at radius 1 is 1.00 bits per heavy atom.